The Kier molecular flexibility index (Phi) is 5.58. The van der Waals surface area contributed by atoms with Gasteiger partial charge in [-0.15, -0.1) is 0 Å². The molecule has 2 unspecified atom stereocenters. The molecular weight excluding hydrogens is 272 g/mol. The standard InChI is InChI=1S/C15H26N2O4/c1-10(2)12-15(19)17(6-7-21-9-8-20-3)13(11-4-5-11)14(18)16-12/h10-13H,4-9H2,1-3H3,(H,16,18). The van der Waals surface area contributed by atoms with Crippen molar-refractivity contribution < 1.29 is 19.1 Å². The van der Waals surface area contributed by atoms with E-state index in [0.717, 1.165) is 12.8 Å². The fourth-order valence-electron chi connectivity index (χ4n) is 2.75. The van der Waals surface area contributed by atoms with Crippen LogP contribution in [0, 0.1) is 11.8 Å². The molecule has 120 valence electrons. The zero-order valence-electron chi connectivity index (χ0n) is 13.1. The molecule has 1 heterocycles. The highest BCUT2D eigenvalue weighted by atomic mass is 16.5. The lowest BCUT2D eigenvalue weighted by atomic mass is 9.96. The summed E-state index contributed by atoms with van der Waals surface area (Å²) in [7, 11) is 1.62. The topological polar surface area (TPSA) is 67.9 Å². The van der Waals surface area contributed by atoms with Crippen LogP contribution < -0.4 is 5.32 Å². The number of methoxy groups -OCH3 is 1. The number of ether oxygens (including phenoxy) is 2. The first-order valence-electron chi connectivity index (χ1n) is 7.73. The Bertz CT molecular complexity index is 382. The highest BCUT2D eigenvalue weighted by Gasteiger charge is 2.48. The second-order valence-corrected chi connectivity index (χ2v) is 6.15. The van der Waals surface area contributed by atoms with Crippen molar-refractivity contribution in [1.29, 1.82) is 0 Å². The van der Waals surface area contributed by atoms with Crippen LogP contribution >= 0.6 is 0 Å². The molecule has 0 spiro atoms. The van der Waals surface area contributed by atoms with Gasteiger partial charge in [0.15, 0.2) is 0 Å². The second-order valence-electron chi connectivity index (χ2n) is 6.15. The maximum atomic E-state index is 12.6. The molecule has 2 amide bonds. The first kappa shape index (κ1) is 16.2. The third kappa shape index (κ3) is 3.95. The molecule has 2 aliphatic rings. The van der Waals surface area contributed by atoms with E-state index in [0.29, 0.717) is 32.3 Å². The molecule has 0 radical (unpaired) electrons. The summed E-state index contributed by atoms with van der Waals surface area (Å²) in [5, 5.41) is 2.89. The van der Waals surface area contributed by atoms with Crippen LogP contribution in [0.4, 0.5) is 0 Å². The Hall–Kier alpha value is -1.14. The minimum absolute atomic E-state index is 0.00677. The molecule has 2 fully saturated rings. The first-order chi connectivity index (χ1) is 10.1. The van der Waals surface area contributed by atoms with Gasteiger partial charge in [-0.2, -0.15) is 0 Å². The summed E-state index contributed by atoms with van der Waals surface area (Å²) in [4.78, 5) is 26.7. The number of nitrogens with one attached hydrogen (secondary N) is 1. The largest absolute Gasteiger partial charge is 0.382 e. The van der Waals surface area contributed by atoms with Crippen molar-refractivity contribution in [2.45, 2.75) is 38.8 Å². The molecule has 2 rings (SSSR count). The number of carbonyl (C=O) groups is 2. The molecular formula is C15H26N2O4. The molecule has 0 aromatic rings. The van der Waals surface area contributed by atoms with E-state index < -0.39 is 6.04 Å². The van der Waals surface area contributed by atoms with Gasteiger partial charge in [0.1, 0.15) is 12.1 Å². The third-order valence-electron chi connectivity index (χ3n) is 4.09. The van der Waals surface area contributed by atoms with E-state index in [1.807, 2.05) is 13.8 Å². The van der Waals surface area contributed by atoms with Crippen LogP contribution in [-0.4, -0.2) is 62.3 Å². The maximum Gasteiger partial charge on any atom is 0.246 e. The summed E-state index contributed by atoms with van der Waals surface area (Å²) in [5.41, 5.74) is 0. The van der Waals surface area contributed by atoms with Crippen LogP contribution in [-0.2, 0) is 19.1 Å². The van der Waals surface area contributed by atoms with Gasteiger partial charge in [0, 0.05) is 13.7 Å². The minimum Gasteiger partial charge on any atom is -0.382 e. The molecule has 0 aromatic heterocycles. The average molecular weight is 298 g/mol. The van der Waals surface area contributed by atoms with Gasteiger partial charge >= 0.3 is 0 Å². The lowest BCUT2D eigenvalue weighted by molar-refractivity contribution is -0.152. The highest BCUT2D eigenvalue weighted by Crippen LogP contribution is 2.37. The van der Waals surface area contributed by atoms with Crippen molar-refractivity contribution >= 4 is 11.8 Å². The first-order valence-corrected chi connectivity index (χ1v) is 7.73. The molecule has 1 aliphatic carbocycles. The minimum atomic E-state index is -0.411. The summed E-state index contributed by atoms with van der Waals surface area (Å²) in [6.45, 7) is 5.86. The van der Waals surface area contributed by atoms with Crippen LogP contribution in [0.1, 0.15) is 26.7 Å². The van der Waals surface area contributed by atoms with E-state index in [-0.39, 0.29) is 23.8 Å². The molecule has 0 aromatic carbocycles. The third-order valence-corrected chi connectivity index (χ3v) is 4.09. The number of hydrogen-bond acceptors (Lipinski definition) is 4. The average Bonchev–Trinajstić information content (AvgIpc) is 3.25. The SMILES string of the molecule is COCCOCCN1C(=O)C(C(C)C)NC(=O)C1C1CC1. The summed E-state index contributed by atoms with van der Waals surface area (Å²) < 4.78 is 10.4. The van der Waals surface area contributed by atoms with Crippen LogP contribution in [0.3, 0.4) is 0 Å². The Labute approximate surface area is 126 Å². The van der Waals surface area contributed by atoms with Gasteiger partial charge in [-0.05, 0) is 24.7 Å². The van der Waals surface area contributed by atoms with E-state index in [1.54, 1.807) is 12.0 Å². The smallest absolute Gasteiger partial charge is 0.246 e. The van der Waals surface area contributed by atoms with Gasteiger partial charge in [0.25, 0.3) is 0 Å². The monoisotopic (exact) mass is 298 g/mol. The Morgan fingerprint density at radius 2 is 1.95 bits per heavy atom. The zero-order valence-corrected chi connectivity index (χ0v) is 13.1. The van der Waals surface area contributed by atoms with Gasteiger partial charge in [0.05, 0.1) is 19.8 Å². The lowest BCUT2D eigenvalue weighted by Gasteiger charge is -2.40. The van der Waals surface area contributed by atoms with Crippen molar-refractivity contribution in [1.82, 2.24) is 10.2 Å². The molecule has 2 atom stereocenters. The molecule has 1 saturated heterocycles. The van der Waals surface area contributed by atoms with E-state index >= 15 is 0 Å². The summed E-state index contributed by atoms with van der Waals surface area (Å²) >= 11 is 0. The van der Waals surface area contributed by atoms with Crippen molar-refractivity contribution in [2.24, 2.45) is 11.8 Å². The molecule has 1 N–H and O–H groups in total. The lowest BCUT2D eigenvalue weighted by Crippen LogP contribution is -2.65. The van der Waals surface area contributed by atoms with E-state index in [2.05, 4.69) is 5.32 Å². The fourth-order valence-corrected chi connectivity index (χ4v) is 2.75. The van der Waals surface area contributed by atoms with Gasteiger partial charge in [-0.25, -0.2) is 0 Å². The van der Waals surface area contributed by atoms with Gasteiger partial charge in [-0.1, -0.05) is 13.8 Å². The Balaban J connectivity index is 1.97. The van der Waals surface area contributed by atoms with Crippen LogP contribution in [0.25, 0.3) is 0 Å². The van der Waals surface area contributed by atoms with E-state index in [4.69, 9.17) is 9.47 Å². The van der Waals surface area contributed by atoms with Gasteiger partial charge < -0.3 is 19.7 Å². The van der Waals surface area contributed by atoms with Crippen molar-refractivity contribution in [2.75, 3.05) is 33.5 Å². The predicted octanol–water partition coefficient (Wildman–Crippen LogP) is 0.411. The summed E-state index contributed by atoms with van der Waals surface area (Å²) in [6.07, 6.45) is 2.05. The van der Waals surface area contributed by atoms with Gasteiger partial charge in [0.2, 0.25) is 11.8 Å². The van der Waals surface area contributed by atoms with E-state index in [1.165, 1.54) is 0 Å². The maximum absolute atomic E-state index is 12.6. The normalized spacial score (nSPS) is 26.4. The summed E-state index contributed by atoms with van der Waals surface area (Å²) in [5.74, 6) is 0.434. The number of amides is 2. The number of carbonyl (C=O) groups excluding carboxylic acids is 2. The summed E-state index contributed by atoms with van der Waals surface area (Å²) in [6, 6.07) is -0.718. The van der Waals surface area contributed by atoms with Crippen molar-refractivity contribution in [3.8, 4) is 0 Å². The number of nitrogens with zero attached hydrogens (tertiary/aromatic N) is 1. The van der Waals surface area contributed by atoms with Crippen molar-refractivity contribution in [3.63, 3.8) is 0 Å². The number of hydrogen-bond donors (Lipinski definition) is 1. The zero-order chi connectivity index (χ0) is 15.4. The van der Waals surface area contributed by atoms with Crippen LogP contribution in [0.2, 0.25) is 0 Å². The Morgan fingerprint density at radius 1 is 1.24 bits per heavy atom. The van der Waals surface area contributed by atoms with Crippen LogP contribution in [0.15, 0.2) is 0 Å². The quantitative estimate of drug-likeness (QED) is 0.659. The van der Waals surface area contributed by atoms with Crippen molar-refractivity contribution in [3.05, 3.63) is 0 Å². The molecule has 0 bridgehead atoms. The fraction of sp³-hybridized carbons (Fsp3) is 0.867. The number of rotatable bonds is 8. The molecule has 1 aliphatic heterocycles. The second kappa shape index (κ2) is 7.22. The van der Waals surface area contributed by atoms with E-state index in [9.17, 15) is 9.59 Å². The highest BCUT2D eigenvalue weighted by molar-refractivity contribution is 5.97. The predicted molar refractivity (Wildman–Crippen MR) is 77.7 cm³/mol. The van der Waals surface area contributed by atoms with Gasteiger partial charge in [-0.3, -0.25) is 9.59 Å². The van der Waals surface area contributed by atoms with Crippen LogP contribution in [0.5, 0.6) is 0 Å². The molecule has 21 heavy (non-hydrogen) atoms. The molecule has 1 saturated carbocycles. The number of piperazine rings is 1. The molecule has 6 heteroatoms. The Morgan fingerprint density at radius 3 is 2.52 bits per heavy atom. The molecule has 6 nitrogen and oxygen atoms in total.